The summed E-state index contributed by atoms with van der Waals surface area (Å²) in [4.78, 5) is 28.7. The molecule has 4 rings (SSSR count). The SMILES string of the molecule is Cc1ccc(NC(=O)c2cnn3c(-c4cccs4)ccnc23)c([N+](=O)[O-])c1. The third-order valence-electron chi connectivity index (χ3n) is 4.02. The zero-order chi connectivity index (χ0) is 19.0. The predicted octanol–water partition coefficient (Wildman–Crippen LogP) is 3.93. The molecule has 0 saturated heterocycles. The minimum absolute atomic E-state index is 0.129. The molecular weight excluding hydrogens is 366 g/mol. The molecule has 0 atom stereocenters. The number of aromatic nitrogens is 3. The van der Waals surface area contributed by atoms with Gasteiger partial charge in [0.05, 0.1) is 21.7 Å². The van der Waals surface area contributed by atoms with E-state index in [1.54, 1.807) is 35.0 Å². The van der Waals surface area contributed by atoms with Gasteiger partial charge in [-0.25, -0.2) is 9.50 Å². The lowest BCUT2D eigenvalue weighted by Crippen LogP contribution is -2.13. The van der Waals surface area contributed by atoms with E-state index in [2.05, 4.69) is 15.4 Å². The minimum Gasteiger partial charge on any atom is -0.316 e. The highest BCUT2D eigenvalue weighted by Crippen LogP contribution is 2.28. The first kappa shape index (κ1) is 16.9. The smallest absolute Gasteiger partial charge is 0.293 e. The zero-order valence-corrected chi connectivity index (χ0v) is 14.9. The van der Waals surface area contributed by atoms with E-state index in [1.807, 2.05) is 23.6 Å². The quantitative estimate of drug-likeness (QED) is 0.427. The van der Waals surface area contributed by atoms with Gasteiger partial charge in [0.1, 0.15) is 11.3 Å². The number of hydrogen-bond acceptors (Lipinski definition) is 6. The van der Waals surface area contributed by atoms with Crippen molar-refractivity contribution in [1.29, 1.82) is 0 Å². The third-order valence-corrected chi connectivity index (χ3v) is 4.91. The van der Waals surface area contributed by atoms with Crippen LogP contribution < -0.4 is 5.32 Å². The molecule has 1 aromatic carbocycles. The number of anilines is 1. The minimum atomic E-state index is -0.522. The molecule has 8 nitrogen and oxygen atoms in total. The van der Waals surface area contributed by atoms with Crippen molar-refractivity contribution in [1.82, 2.24) is 14.6 Å². The number of carbonyl (C=O) groups excluding carboxylic acids is 1. The van der Waals surface area contributed by atoms with E-state index < -0.39 is 10.8 Å². The molecule has 27 heavy (non-hydrogen) atoms. The van der Waals surface area contributed by atoms with Crippen LogP contribution in [0.15, 0.2) is 54.2 Å². The fourth-order valence-electron chi connectivity index (χ4n) is 2.75. The monoisotopic (exact) mass is 379 g/mol. The lowest BCUT2D eigenvalue weighted by Gasteiger charge is -2.06. The molecule has 4 aromatic rings. The Morgan fingerprint density at radius 1 is 1.30 bits per heavy atom. The molecule has 9 heteroatoms. The van der Waals surface area contributed by atoms with Crippen molar-refractivity contribution < 1.29 is 9.72 Å². The van der Waals surface area contributed by atoms with E-state index in [9.17, 15) is 14.9 Å². The molecule has 1 N–H and O–H groups in total. The molecule has 0 bridgehead atoms. The molecule has 3 aromatic heterocycles. The molecule has 0 fully saturated rings. The number of thiophene rings is 1. The largest absolute Gasteiger partial charge is 0.316 e. The van der Waals surface area contributed by atoms with Gasteiger partial charge in [-0.1, -0.05) is 12.1 Å². The first-order chi connectivity index (χ1) is 13.0. The van der Waals surface area contributed by atoms with Crippen molar-refractivity contribution in [2.75, 3.05) is 5.32 Å². The highest BCUT2D eigenvalue weighted by atomic mass is 32.1. The second-order valence-electron chi connectivity index (χ2n) is 5.83. The van der Waals surface area contributed by atoms with E-state index in [1.165, 1.54) is 18.3 Å². The zero-order valence-electron chi connectivity index (χ0n) is 14.1. The Kier molecular flexibility index (Phi) is 4.13. The second-order valence-corrected chi connectivity index (χ2v) is 6.78. The van der Waals surface area contributed by atoms with E-state index in [0.29, 0.717) is 5.65 Å². The third kappa shape index (κ3) is 3.04. The average Bonchev–Trinajstić information content (AvgIpc) is 3.32. The van der Waals surface area contributed by atoms with Crippen LogP contribution in [0.25, 0.3) is 16.2 Å². The number of hydrogen-bond donors (Lipinski definition) is 1. The van der Waals surface area contributed by atoms with Crippen LogP contribution in [0.1, 0.15) is 15.9 Å². The summed E-state index contributed by atoms with van der Waals surface area (Å²) in [6.45, 7) is 1.75. The number of rotatable bonds is 4. The van der Waals surface area contributed by atoms with Crippen LogP contribution >= 0.6 is 11.3 Å². The molecule has 0 aliphatic carbocycles. The first-order valence-electron chi connectivity index (χ1n) is 7.97. The van der Waals surface area contributed by atoms with Gasteiger partial charge in [0.25, 0.3) is 11.6 Å². The van der Waals surface area contributed by atoms with Crippen molar-refractivity contribution >= 4 is 34.3 Å². The molecule has 0 unspecified atom stereocenters. The summed E-state index contributed by atoms with van der Waals surface area (Å²) in [5.74, 6) is -0.507. The van der Waals surface area contributed by atoms with Gasteiger partial charge >= 0.3 is 0 Å². The van der Waals surface area contributed by atoms with E-state index in [-0.39, 0.29) is 16.9 Å². The Hall–Kier alpha value is -3.59. The number of nitro groups is 1. The average molecular weight is 379 g/mol. The highest BCUT2D eigenvalue weighted by Gasteiger charge is 2.20. The van der Waals surface area contributed by atoms with Crippen LogP contribution in [0.2, 0.25) is 0 Å². The van der Waals surface area contributed by atoms with Crippen molar-refractivity contribution in [3.8, 4) is 10.6 Å². The molecule has 0 spiro atoms. The van der Waals surface area contributed by atoms with Gasteiger partial charge < -0.3 is 5.32 Å². The van der Waals surface area contributed by atoms with Crippen LogP contribution in [-0.4, -0.2) is 25.4 Å². The number of carbonyl (C=O) groups is 1. The molecule has 0 aliphatic rings. The highest BCUT2D eigenvalue weighted by molar-refractivity contribution is 7.13. The Balaban J connectivity index is 1.73. The predicted molar refractivity (Wildman–Crippen MR) is 102 cm³/mol. The van der Waals surface area contributed by atoms with Gasteiger partial charge in [0.2, 0.25) is 0 Å². The fourth-order valence-corrected chi connectivity index (χ4v) is 3.49. The molecule has 1 amide bonds. The van der Waals surface area contributed by atoms with Crippen molar-refractivity contribution in [3.63, 3.8) is 0 Å². The molecule has 0 radical (unpaired) electrons. The lowest BCUT2D eigenvalue weighted by atomic mass is 10.2. The molecule has 3 heterocycles. The fraction of sp³-hybridized carbons (Fsp3) is 0.0556. The van der Waals surface area contributed by atoms with Gasteiger partial charge in [0, 0.05) is 12.3 Å². The van der Waals surface area contributed by atoms with Crippen LogP contribution in [-0.2, 0) is 0 Å². The number of benzene rings is 1. The Labute approximate surface area is 157 Å². The second kappa shape index (κ2) is 6.61. The molecule has 0 aliphatic heterocycles. The summed E-state index contributed by atoms with van der Waals surface area (Å²) in [5.41, 5.74) is 2.14. The van der Waals surface area contributed by atoms with Crippen LogP contribution in [0.4, 0.5) is 11.4 Å². The maximum atomic E-state index is 12.7. The van der Waals surface area contributed by atoms with E-state index in [0.717, 1.165) is 16.1 Å². The summed E-state index contributed by atoms with van der Waals surface area (Å²) in [6, 6.07) is 10.3. The maximum absolute atomic E-state index is 12.7. The van der Waals surface area contributed by atoms with Gasteiger partial charge in [-0.2, -0.15) is 5.10 Å². The van der Waals surface area contributed by atoms with E-state index >= 15 is 0 Å². The summed E-state index contributed by atoms with van der Waals surface area (Å²) in [5, 5.41) is 20.1. The van der Waals surface area contributed by atoms with Gasteiger partial charge in [-0.15, -0.1) is 11.3 Å². The van der Waals surface area contributed by atoms with Crippen molar-refractivity contribution in [3.05, 3.63) is 75.4 Å². The van der Waals surface area contributed by atoms with Crippen LogP contribution in [0.3, 0.4) is 0 Å². The lowest BCUT2D eigenvalue weighted by molar-refractivity contribution is -0.384. The van der Waals surface area contributed by atoms with Gasteiger partial charge in [-0.05, 0) is 36.1 Å². The first-order valence-corrected chi connectivity index (χ1v) is 8.85. The summed E-state index contributed by atoms with van der Waals surface area (Å²) < 4.78 is 1.59. The van der Waals surface area contributed by atoms with Gasteiger partial charge in [0.15, 0.2) is 5.65 Å². The van der Waals surface area contributed by atoms with Crippen molar-refractivity contribution in [2.45, 2.75) is 6.92 Å². The molecule has 0 saturated carbocycles. The summed E-state index contributed by atoms with van der Waals surface area (Å²) in [7, 11) is 0. The summed E-state index contributed by atoms with van der Waals surface area (Å²) in [6.07, 6.45) is 3.02. The maximum Gasteiger partial charge on any atom is 0.293 e. The van der Waals surface area contributed by atoms with Crippen LogP contribution in [0.5, 0.6) is 0 Å². The summed E-state index contributed by atoms with van der Waals surface area (Å²) >= 11 is 1.55. The van der Waals surface area contributed by atoms with Crippen molar-refractivity contribution in [2.24, 2.45) is 0 Å². The van der Waals surface area contributed by atoms with E-state index in [4.69, 9.17) is 0 Å². The van der Waals surface area contributed by atoms with Gasteiger partial charge in [-0.3, -0.25) is 14.9 Å². The normalized spacial score (nSPS) is 10.9. The number of amides is 1. The standard InChI is InChI=1S/C18H13N5O3S/c1-11-4-5-13(15(9-11)23(25)26)21-18(24)12-10-20-22-14(6-7-19-17(12)22)16-3-2-8-27-16/h2-10H,1H3,(H,21,24). The van der Waals surface area contributed by atoms with Crippen LogP contribution in [0, 0.1) is 17.0 Å². The number of nitrogens with one attached hydrogen (secondary N) is 1. The molecular formula is C18H13N5O3S. The number of nitrogens with zero attached hydrogens (tertiary/aromatic N) is 4. The number of nitro benzene ring substituents is 1. The Morgan fingerprint density at radius 2 is 2.15 bits per heavy atom. The number of fused-ring (bicyclic) bond motifs is 1. The Morgan fingerprint density at radius 3 is 2.89 bits per heavy atom. The molecule has 134 valence electrons. The topological polar surface area (TPSA) is 102 Å². The Bertz CT molecular complexity index is 1170. The number of aryl methyl sites for hydroxylation is 1.